The largest absolute Gasteiger partial charge is 0.417 e. The van der Waals surface area contributed by atoms with E-state index in [4.69, 9.17) is 15.9 Å². The van der Waals surface area contributed by atoms with Crippen LogP contribution in [-0.2, 0) is 15.2 Å². The second-order valence-corrected chi connectivity index (χ2v) is 5.70. The highest BCUT2D eigenvalue weighted by Crippen LogP contribution is 2.38. The van der Waals surface area contributed by atoms with Crippen LogP contribution in [-0.4, -0.2) is 13.3 Å². The number of benzene rings is 1. The molecule has 19 heavy (non-hydrogen) atoms. The fourth-order valence-electron chi connectivity index (χ4n) is 1.23. The summed E-state index contributed by atoms with van der Waals surface area (Å²) >= 11 is 0. The number of rotatable bonds is 2. The Kier molecular flexibility index (Phi) is 3.74. The molecule has 0 aliphatic heterocycles. The monoisotopic (exact) mass is 314 g/mol. The molecule has 102 valence electrons. The molecule has 1 rings (SSSR count). The molecule has 1 aromatic carbocycles. The van der Waals surface area contributed by atoms with Crippen LogP contribution in [0.2, 0.25) is 0 Å². The average molecular weight is 315 g/mol. The van der Waals surface area contributed by atoms with Crippen molar-refractivity contribution in [3.63, 3.8) is 0 Å². The average Bonchev–Trinajstić information content (AvgIpc) is 2.24. The molecule has 0 aromatic heterocycles. The van der Waals surface area contributed by atoms with Crippen molar-refractivity contribution >= 4 is 25.4 Å². The molecule has 0 heterocycles. The van der Waals surface area contributed by atoms with Gasteiger partial charge in [-0.3, -0.25) is 10.1 Å². The van der Waals surface area contributed by atoms with E-state index in [1.54, 1.807) is 0 Å². The van der Waals surface area contributed by atoms with Crippen LogP contribution < -0.4 is 0 Å². The minimum atomic E-state index is -5.13. The van der Waals surface area contributed by atoms with E-state index < -0.39 is 41.9 Å². The molecule has 0 saturated heterocycles. The number of nitro groups is 1. The summed E-state index contributed by atoms with van der Waals surface area (Å²) < 4.78 is 59.9. The minimum Gasteiger partial charge on any atom is -0.258 e. The molecule has 0 N–H and O–H groups in total. The van der Waals surface area contributed by atoms with E-state index in [1.165, 1.54) is 6.07 Å². The van der Waals surface area contributed by atoms with Crippen molar-refractivity contribution in [2.24, 2.45) is 0 Å². The molecular formula is C8H2ClF3N2O4S. The lowest BCUT2D eigenvalue weighted by Crippen LogP contribution is -2.12. The fourth-order valence-corrected chi connectivity index (χ4v) is 2.31. The maximum absolute atomic E-state index is 12.6. The Hall–Kier alpha value is -1.86. The molecule has 11 heteroatoms. The van der Waals surface area contributed by atoms with Crippen molar-refractivity contribution < 1.29 is 26.5 Å². The number of nitriles is 1. The zero-order valence-corrected chi connectivity index (χ0v) is 10.2. The summed E-state index contributed by atoms with van der Waals surface area (Å²) in [7, 11) is -0.0506. The van der Waals surface area contributed by atoms with Crippen molar-refractivity contribution in [3.05, 3.63) is 33.4 Å². The van der Waals surface area contributed by atoms with E-state index >= 15 is 0 Å². The number of alkyl halides is 3. The van der Waals surface area contributed by atoms with Crippen LogP contribution in [0.5, 0.6) is 0 Å². The summed E-state index contributed by atoms with van der Waals surface area (Å²) in [5.74, 6) is 0. The third-order valence-corrected chi connectivity index (χ3v) is 3.34. The molecule has 0 radical (unpaired) electrons. The molecular weight excluding hydrogens is 313 g/mol. The van der Waals surface area contributed by atoms with Gasteiger partial charge in [-0.15, -0.1) is 0 Å². The van der Waals surface area contributed by atoms with Gasteiger partial charge in [-0.25, -0.2) is 8.42 Å². The van der Waals surface area contributed by atoms with Crippen molar-refractivity contribution in [1.29, 1.82) is 5.26 Å². The molecule has 6 nitrogen and oxygen atoms in total. The molecule has 0 aliphatic carbocycles. The van der Waals surface area contributed by atoms with Crippen LogP contribution >= 0.6 is 10.7 Å². The Labute approximate surface area is 108 Å². The van der Waals surface area contributed by atoms with E-state index in [9.17, 15) is 31.7 Å². The second kappa shape index (κ2) is 4.67. The van der Waals surface area contributed by atoms with Gasteiger partial charge < -0.3 is 0 Å². The SMILES string of the molecule is N#Cc1cc(C(F)(F)F)c(S(=O)(=O)Cl)cc1[N+](=O)[O-]. The van der Waals surface area contributed by atoms with Gasteiger partial charge >= 0.3 is 6.18 Å². The molecule has 1 aromatic rings. The first-order valence-electron chi connectivity index (χ1n) is 4.23. The third-order valence-electron chi connectivity index (χ3n) is 1.98. The first-order valence-corrected chi connectivity index (χ1v) is 6.54. The lowest BCUT2D eigenvalue weighted by Gasteiger charge is -2.11. The molecule has 0 unspecified atom stereocenters. The topological polar surface area (TPSA) is 101 Å². The lowest BCUT2D eigenvalue weighted by atomic mass is 10.1. The standard InChI is InChI=1S/C8H2ClF3N2O4S/c9-19(17,18)7-2-6(14(15)16)4(3-13)1-5(7)8(10,11)12/h1-2H. The van der Waals surface area contributed by atoms with Crippen LogP contribution in [0, 0.1) is 21.4 Å². The van der Waals surface area contributed by atoms with Crippen molar-refractivity contribution in [2.45, 2.75) is 11.1 Å². The van der Waals surface area contributed by atoms with Gasteiger partial charge in [-0.05, 0) is 6.07 Å². The van der Waals surface area contributed by atoms with Gasteiger partial charge in [0.1, 0.15) is 16.5 Å². The summed E-state index contributed by atoms with van der Waals surface area (Å²) in [6.45, 7) is 0. The zero-order chi connectivity index (χ0) is 15.0. The summed E-state index contributed by atoms with van der Waals surface area (Å²) in [6.07, 6.45) is -5.13. The fraction of sp³-hybridized carbons (Fsp3) is 0.125. The van der Waals surface area contributed by atoms with Crippen molar-refractivity contribution in [3.8, 4) is 6.07 Å². The van der Waals surface area contributed by atoms with Crippen LogP contribution in [0.15, 0.2) is 17.0 Å². The van der Waals surface area contributed by atoms with Crippen LogP contribution in [0.1, 0.15) is 11.1 Å². The molecule has 0 spiro atoms. The first-order chi connectivity index (χ1) is 8.48. The van der Waals surface area contributed by atoms with Gasteiger partial charge in [0.25, 0.3) is 14.7 Å². The van der Waals surface area contributed by atoms with Gasteiger partial charge in [0.05, 0.1) is 10.5 Å². The van der Waals surface area contributed by atoms with Gasteiger partial charge in [0.15, 0.2) is 0 Å². The Morgan fingerprint density at radius 1 is 1.37 bits per heavy atom. The number of nitrogens with zero attached hydrogens (tertiary/aromatic N) is 2. The maximum Gasteiger partial charge on any atom is 0.417 e. The molecule has 0 aliphatic rings. The minimum absolute atomic E-state index is 0.0768. The van der Waals surface area contributed by atoms with Gasteiger partial charge in [-0.1, -0.05) is 0 Å². The number of nitro benzene ring substituents is 1. The molecule has 0 atom stereocenters. The molecule has 0 bridgehead atoms. The highest BCUT2D eigenvalue weighted by molar-refractivity contribution is 8.13. The summed E-state index contributed by atoms with van der Waals surface area (Å²) in [4.78, 5) is 7.91. The molecule has 0 saturated carbocycles. The number of halogens is 4. The molecule has 0 fully saturated rings. The highest BCUT2D eigenvalue weighted by Gasteiger charge is 2.39. The summed E-state index contributed by atoms with van der Waals surface area (Å²) in [6, 6.07) is 1.38. The zero-order valence-electron chi connectivity index (χ0n) is 8.60. The Balaban J connectivity index is 3.85. The van der Waals surface area contributed by atoms with Crippen LogP contribution in [0.25, 0.3) is 0 Å². The van der Waals surface area contributed by atoms with Crippen LogP contribution in [0.4, 0.5) is 18.9 Å². The third kappa shape index (κ3) is 3.12. The van der Waals surface area contributed by atoms with Crippen molar-refractivity contribution in [2.75, 3.05) is 0 Å². The maximum atomic E-state index is 12.6. The highest BCUT2D eigenvalue weighted by atomic mass is 35.7. The summed E-state index contributed by atoms with van der Waals surface area (Å²) in [5.41, 5.74) is -3.72. The summed E-state index contributed by atoms with van der Waals surface area (Å²) in [5, 5.41) is 19.1. The van der Waals surface area contributed by atoms with E-state index in [2.05, 4.69) is 0 Å². The first kappa shape index (κ1) is 15.2. The van der Waals surface area contributed by atoms with E-state index in [1.807, 2.05) is 0 Å². The van der Waals surface area contributed by atoms with Gasteiger partial charge in [0.2, 0.25) is 0 Å². The Bertz CT molecular complexity index is 693. The predicted molar refractivity (Wildman–Crippen MR) is 55.9 cm³/mol. The Morgan fingerprint density at radius 3 is 2.21 bits per heavy atom. The normalized spacial score (nSPS) is 11.9. The second-order valence-electron chi connectivity index (χ2n) is 3.17. The quantitative estimate of drug-likeness (QED) is 0.474. The van der Waals surface area contributed by atoms with E-state index in [-0.39, 0.29) is 12.1 Å². The van der Waals surface area contributed by atoms with Gasteiger partial charge in [0, 0.05) is 16.7 Å². The van der Waals surface area contributed by atoms with Crippen LogP contribution in [0.3, 0.4) is 0 Å². The lowest BCUT2D eigenvalue weighted by molar-refractivity contribution is -0.385. The smallest absolute Gasteiger partial charge is 0.258 e. The van der Waals surface area contributed by atoms with Gasteiger partial charge in [-0.2, -0.15) is 18.4 Å². The van der Waals surface area contributed by atoms with E-state index in [0.29, 0.717) is 0 Å². The predicted octanol–water partition coefficient (Wildman–Crippen LogP) is 2.41. The van der Waals surface area contributed by atoms with Crippen molar-refractivity contribution in [1.82, 2.24) is 0 Å². The van der Waals surface area contributed by atoms with E-state index in [0.717, 1.165) is 0 Å². The number of hydrogen-bond acceptors (Lipinski definition) is 5. The number of hydrogen-bond donors (Lipinski definition) is 0. The Morgan fingerprint density at radius 2 is 1.89 bits per heavy atom. The molecule has 0 amide bonds.